The number of nitrogens with two attached hydrogens (primary N) is 1. The second kappa shape index (κ2) is 5.45. The van der Waals surface area contributed by atoms with Crippen molar-refractivity contribution in [3.8, 4) is 0 Å². The minimum atomic E-state index is 0.245. The van der Waals surface area contributed by atoms with Gasteiger partial charge in [0.15, 0.2) is 0 Å². The van der Waals surface area contributed by atoms with Crippen LogP contribution in [0.4, 0.5) is 0 Å². The van der Waals surface area contributed by atoms with E-state index in [4.69, 9.17) is 5.73 Å². The van der Waals surface area contributed by atoms with Crippen LogP contribution in [0, 0.1) is 0 Å². The summed E-state index contributed by atoms with van der Waals surface area (Å²) in [5, 5.41) is 0. The standard InChI is InChI=1S/C14H30N4/c1-12(2)17-8-6-14(10-15,11-17)18-7-5-13(9-18)16(3)4/h12-13H,5-11,15H2,1-4H3. The molecule has 2 fully saturated rings. The molecule has 2 aliphatic heterocycles. The Morgan fingerprint density at radius 1 is 1.33 bits per heavy atom. The van der Waals surface area contributed by atoms with Crippen molar-refractivity contribution in [1.82, 2.24) is 14.7 Å². The maximum Gasteiger partial charge on any atom is 0.0471 e. The van der Waals surface area contributed by atoms with Crippen LogP contribution >= 0.6 is 0 Å². The third kappa shape index (κ3) is 2.57. The summed E-state index contributed by atoms with van der Waals surface area (Å²) < 4.78 is 0. The molecule has 0 aromatic rings. The van der Waals surface area contributed by atoms with E-state index < -0.39 is 0 Å². The van der Waals surface area contributed by atoms with E-state index in [0.717, 1.165) is 13.1 Å². The molecule has 0 aromatic carbocycles. The predicted octanol–water partition coefficient (Wildman–Crippen LogP) is 0.434. The molecule has 0 amide bonds. The summed E-state index contributed by atoms with van der Waals surface area (Å²) >= 11 is 0. The van der Waals surface area contributed by atoms with Crippen molar-refractivity contribution in [3.05, 3.63) is 0 Å². The molecular weight excluding hydrogens is 224 g/mol. The molecule has 0 spiro atoms. The summed E-state index contributed by atoms with van der Waals surface area (Å²) in [6.45, 7) is 10.1. The molecule has 2 aliphatic rings. The molecule has 2 rings (SSSR count). The van der Waals surface area contributed by atoms with Crippen LogP contribution in [0.1, 0.15) is 26.7 Å². The largest absolute Gasteiger partial charge is 0.329 e. The summed E-state index contributed by atoms with van der Waals surface area (Å²) in [6.07, 6.45) is 2.53. The van der Waals surface area contributed by atoms with Crippen molar-refractivity contribution in [1.29, 1.82) is 0 Å². The van der Waals surface area contributed by atoms with Crippen LogP contribution in [0.15, 0.2) is 0 Å². The quantitative estimate of drug-likeness (QED) is 0.789. The van der Waals surface area contributed by atoms with Gasteiger partial charge >= 0.3 is 0 Å². The van der Waals surface area contributed by atoms with Gasteiger partial charge < -0.3 is 10.6 Å². The predicted molar refractivity (Wildman–Crippen MR) is 76.8 cm³/mol. The van der Waals surface area contributed by atoms with Crippen LogP contribution in [0.3, 0.4) is 0 Å². The second-order valence-corrected chi connectivity index (χ2v) is 6.59. The van der Waals surface area contributed by atoms with Crippen LogP contribution in [-0.2, 0) is 0 Å². The smallest absolute Gasteiger partial charge is 0.0471 e. The zero-order valence-corrected chi connectivity index (χ0v) is 12.5. The minimum Gasteiger partial charge on any atom is -0.329 e. The van der Waals surface area contributed by atoms with Crippen molar-refractivity contribution in [2.24, 2.45) is 5.73 Å². The lowest BCUT2D eigenvalue weighted by molar-refractivity contribution is 0.112. The summed E-state index contributed by atoms with van der Waals surface area (Å²) in [5.74, 6) is 0. The maximum atomic E-state index is 6.15. The Balaban J connectivity index is 2.02. The molecule has 2 saturated heterocycles. The van der Waals surface area contributed by atoms with Gasteiger partial charge in [-0.1, -0.05) is 0 Å². The normalized spacial score (nSPS) is 35.2. The number of rotatable bonds is 4. The highest BCUT2D eigenvalue weighted by Crippen LogP contribution is 2.32. The number of hydrogen-bond donors (Lipinski definition) is 1. The third-order valence-corrected chi connectivity index (χ3v) is 5.04. The summed E-state index contributed by atoms with van der Waals surface area (Å²) in [4.78, 5) is 7.61. The molecule has 2 heterocycles. The van der Waals surface area contributed by atoms with Gasteiger partial charge in [-0.15, -0.1) is 0 Å². The van der Waals surface area contributed by atoms with Crippen molar-refractivity contribution >= 4 is 0 Å². The molecule has 0 bridgehead atoms. The zero-order valence-electron chi connectivity index (χ0n) is 12.5. The first kappa shape index (κ1) is 14.3. The fraction of sp³-hybridized carbons (Fsp3) is 1.00. The van der Waals surface area contributed by atoms with E-state index in [1.807, 2.05) is 0 Å². The van der Waals surface area contributed by atoms with Crippen LogP contribution in [0.5, 0.6) is 0 Å². The fourth-order valence-corrected chi connectivity index (χ4v) is 3.48. The van der Waals surface area contributed by atoms with Crippen molar-refractivity contribution < 1.29 is 0 Å². The van der Waals surface area contributed by atoms with Crippen molar-refractivity contribution in [3.63, 3.8) is 0 Å². The highest BCUT2D eigenvalue weighted by atomic mass is 15.3. The molecule has 2 unspecified atom stereocenters. The van der Waals surface area contributed by atoms with E-state index in [9.17, 15) is 0 Å². The highest BCUT2D eigenvalue weighted by Gasteiger charge is 2.45. The van der Waals surface area contributed by atoms with Crippen LogP contribution in [-0.4, -0.2) is 79.1 Å². The van der Waals surface area contributed by atoms with Gasteiger partial charge in [0.05, 0.1) is 0 Å². The summed E-state index contributed by atoms with van der Waals surface area (Å²) in [7, 11) is 4.39. The molecule has 0 saturated carbocycles. The average Bonchev–Trinajstić information content (AvgIpc) is 2.96. The van der Waals surface area contributed by atoms with Crippen molar-refractivity contribution in [2.75, 3.05) is 46.8 Å². The Bertz CT molecular complexity index is 279. The van der Waals surface area contributed by atoms with Crippen LogP contribution in [0.25, 0.3) is 0 Å². The molecule has 4 nitrogen and oxygen atoms in total. The second-order valence-electron chi connectivity index (χ2n) is 6.59. The SMILES string of the molecule is CC(C)N1CCC(CN)(N2CCC(N(C)C)C2)C1. The van der Waals surface area contributed by atoms with E-state index in [0.29, 0.717) is 12.1 Å². The molecule has 0 aromatic heterocycles. The Hall–Kier alpha value is -0.160. The topological polar surface area (TPSA) is 35.7 Å². The Labute approximate surface area is 112 Å². The highest BCUT2D eigenvalue weighted by molar-refractivity contribution is 5.03. The zero-order chi connectivity index (χ0) is 13.3. The monoisotopic (exact) mass is 254 g/mol. The van der Waals surface area contributed by atoms with Gasteiger partial charge in [-0.25, -0.2) is 0 Å². The Morgan fingerprint density at radius 3 is 2.50 bits per heavy atom. The van der Waals surface area contributed by atoms with Gasteiger partial charge in [0.2, 0.25) is 0 Å². The Morgan fingerprint density at radius 2 is 2.06 bits per heavy atom. The lowest BCUT2D eigenvalue weighted by Gasteiger charge is -2.39. The van der Waals surface area contributed by atoms with Gasteiger partial charge in [0.25, 0.3) is 0 Å². The van der Waals surface area contributed by atoms with Gasteiger partial charge in [0, 0.05) is 50.3 Å². The molecular formula is C14H30N4. The van der Waals surface area contributed by atoms with Gasteiger partial charge in [-0.2, -0.15) is 0 Å². The van der Waals surface area contributed by atoms with Crippen LogP contribution in [0.2, 0.25) is 0 Å². The fourth-order valence-electron chi connectivity index (χ4n) is 3.48. The first-order valence-corrected chi connectivity index (χ1v) is 7.34. The van der Waals surface area contributed by atoms with Gasteiger partial charge in [0.1, 0.15) is 0 Å². The van der Waals surface area contributed by atoms with E-state index in [2.05, 4.69) is 42.6 Å². The third-order valence-electron chi connectivity index (χ3n) is 5.04. The molecule has 18 heavy (non-hydrogen) atoms. The summed E-state index contributed by atoms with van der Waals surface area (Å²) in [6, 6.07) is 1.35. The molecule has 2 atom stereocenters. The first-order chi connectivity index (χ1) is 8.48. The molecule has 106 valence electrons. The molecule has 0 radical (unpaired) electrons. The van der Waals surface area contributed by atoms with E-state index in [1.54, 1.807) is 0 Å². The minimum absolute atomic E-state index is 0.245. The number of likely N-dealkylation sites (N-methyl/N-ethyl adjacent to an activating group) is 1. The van der Waals surface area contributed by atoms with Gasteiger partial charge in [-0.3, -0.25) is 9.80 Å². The molecule has 0 aliphatic carbocycles. The van der Waals surface area contributed by atoms with Crippen LogP contribution < -0.4 is 5.73 Å². The van der Waals surface area contributed by atoms with E-state index in [1.165, 1.54) is 32.5 Å². The van der Waals surface area contributed by atoms with Gasteiger partial charge in [-0.05, 0) is 40.8 Å². The van der Waals surface area contributed by atoms with E-state index in [-0.39, 0.29) is 5.54 Å². The van der Waals surface area contributed by atoms with Crippen molar-refractivity contribution in [2.45, 2.75) is 44.3 Å². The number of nitrogens with zero attached hydrogens (tertiary/aromatic N) is 3. The number of hydrogen-bond acceptors (Lipinski definition) is 4. The average molecular weight is 254 g/mol. The maximum absolute atomic E-state index is 6.15. The van der Waals surface area contributed by atoms with E-state index >= 15 is 0 Å². The first-order valence-electron chi connectivity index (χ1n) is 7.34. The molecule has 4 heteroatoms. The Kier molecular flexibility index (Phi) is 4.32. The summed E-state index contributed by atoms with van der Waals surface area (Å²) in [5.41, 5.74) is 6.40. The lowest BCUT2D eigenvalue weighted by Crippen LogP contribution is -2.55. The lowest BCUT2D eigenvalue weighted by atomic mass is 9.96. The number of likely N-dealkylation sites (tertiary alicyclic amines) is 2. The molecule has 2 N–H and O–H groups in total.